The first-order valence-electron chi connectivity index (χ1n) is 4.67. The molecule has 0 aliphatic carbocycles. The number of aromatic hydroxyl groups is 1. The molecule has 0 aliphatic heterocycles. The van der Waals surface area contributed by atoms with E-state index >= 15 is 0 Å². The molecule has 0 unspecified atom stereocenters. The first-order valence-corrected chi connectivity index (χ1v) is 6.35. The Hall–Kier alpha value is -0.690. The molecule has 0 saturated heterocycles. The summed E-state index contributed by atoms with van der Waals surface area (Å²) in [6, 6.07) is 3.44. The molecule has 2 rings (SSSR count). The Morgan fingerprint density at radius 2 is 2.06 bits per heavy atom. The number of halogens is 4. The van der Waals surface area contributed by atoms with Crippen molar-refractivity contribution in [2.75, 3.05) is 0 Å². The highest BCUT2D eigenvalue weighted by Crippen LogP contribution is 2.38. The molecule has 0 saturated carbocycles. The zero-order chi connectivity index (χ0) is 12.6. The van der Waals surface area contributed by atoms with Crippen molar-refractivity contribution in [2.45, 2.75) is 6.04 Å². The van der Waals surface area contributed by atoms with Crippen LogP contribution in [0.2, 0.25) is 0 Å². The first-order chi connectivity index (χ1) is 8.02. The number of phenolic OH excluding ortho intramolecular Hbond substituents is 1. The minimum Gasteiger partial charge on any atom is -0.506 e. The lowest BCUT2D eigenvalue weighted by atomic mass is 10.0. The molecule has 3 N–H and O–H groups in total. The Balaban J connectivity index is 0.00000162. The lowest BCUT2D eigenvalue weighted by molar-refractivity contribution is 0.434. The normalized spacial score (nSPS) is 12.0. The number of hydrogen-bond acceptors (Lipinski definition) is 3. The van der Waals surface area contributed by atoms with Crippen molar-refractivity contribution < 1.29 is 13.9 Å². The van der Waals surface area contributed by atoms with E-state index < -0.39 is 17.7 Å². The minimum atomic E-state index is -1.12. The van der Waals surface area contributed by atoms with Crippen LogP contribution in [0.1, 0.15) is 16.5 Å². The molecule has 0 bridgehead atoms. The third-order valence-electron chi connectivity index (χ3n) is 2.34. The maximum atomic E-state index is 13.7. The van der Waals surface area contributed by atoms with Crippen LogP contribution in [0.4, 0.5) is 8.78 Å². The van der Waals surface area contributed by atoms with Crippen LogP contribution in [0.25, 0.3) is 0 Å². The van der Waals surface area contributed by atoms with Crippen LogP contribution in [0.5, 0.6) is 5.75 Å². The van der Waals surface area contributed by atoms with Gasteiger partial charge in [-0.05, 0) is 33.4 Å². The fourth-order valence-electron chi connectivity index (χ4n) is 1.50. The van der Waals surface area contributed by atoms with Crippen LogP contribution in [-0.2, 0) is 0 Å². The molecule has 0 aliphatic rings. The van der Waals surface area contributed by atoms with Crippen molar-refractivity contribution in [3.05, 3.63) is 50.1 Å². The van der Waals surface area contributed by atoms with E-state index in [4.69, 9.17) is 5.73 Å². The molecular weight excluding hydrogens is 348 g/mol. The summed E-state index contributed by atoms with van der Waals surface area (Å²) in [5, 5.41) is 11.5. The van der Waals surface area contributed by atoms with E-state index in [1.54, 1.807) is 17.5 Å². The zero-order valence-electron chi connectivity index (χ0n) is 8.86. The highest BCUT2D eigenvalue weighted by atomic mass is 79.9. The van der Waals surface area contributed by atoms with Crippen molar-refractivity contribution in [1.82, 2.24) is 0 Å². The van der Waals surface area contributed by atoms with Gasteiger partial charge in [0.15, 0.2) is 11.6 Å². The van der Waals surface area contributed by atoms with E-state index in [1.807, 2.05) is 0 Å². The molecule has 1 atom stereocenters. The van der Waals surface area contributed by atoms with Gasteiger partial charge in [-0.1, -0.05) is 6.07 Å². The van der Waals surface area contributed by atoms with Gasteiger partial charge in [0.05, 0.1) is 16.1 Å². The lowest BCUT2D eigenvalue weighted by Crippen LogP contribution is -2.13. The molecular formula is C11H9BrClF2NOS. The van der Waals surface area contributed by atoms with Crippen molar-refractivity contribution in [2.24, 2.45) is 5.73 Å². The van der Waals surface area contributed by atoms with Crippen molar-refractivity contribution in [3.63, 3.8) is 0 Å². The van der Waals surface area contributed by atoms with E-state index in [9.17, 15) is 13.9 Å². The molecule has 2 nitrogen and oxygen atoms in total. The summed E-state index contributed by atoms with van der Waals surface area (Å²) in [6.45, 7) is 0. The number of phenols is 1. The first kappa shape index (κ1) is 15.4. The molecule has 1 heterocycles. The Morgan fingerprint density at radius 1 is 1.39 bits per heavy atom. The fourth-order valence-corrected chi connectivity index (χ4v) is 2.65. The van der Waals surface area contributed by atoms with E-state index in [2.05, 4.69) is 15.9 Å². The summed E-state index contributed by atoms with van der Waals surface area (Å²) in [4.78, 5) is 0.650. The minimum absolute atomic E-state index is 0. The average molecular weight is 357 g/mol. The van der Waals surface area contributed by atoms with Gasteiger partial charge < -0.3 is 10.8 Å². The van der Waals surface area contributed by atoms with Crippen molar-refractivity contribution in [3.8, 4) is 5.75 Å². The Morgan fingerprint density at radius 3 is 2.61 bits per heavy atom. The van der Waals surface area contributed by atoms with Gasteiger partial charge in [-0.2, -0.15) is 0 Å². The smallest absolute Gasteiger partial charge is 0.167 e. The quantitative estimate of drug-likeness (QED) is 0.800. The van der Waals surface area contributed by atoms with Crippen LogP contribution in [0.3, 0.4) is 0 Å². The summed E-state index contributed by atoms with van der Waals surface area (Å²) in [7, 11) is 0. The third kappa shape index (κ3) is 2.66. The summed E-state index contributed by atoms with van der Waals surface area (Å²) in [5.41, 5.74) is 5.59. The third-order valence-corrected chi connectivity index (χ3v) is 3.90. The Bertz CT molecular complexity index is 524. The molecule has 1 aromatic carbocycles. The number of thiophene rings is 1. The van der Waals surface area contributed by atoms with Crippen LogP contribution in [-0.4, -0.2) is 5.11 Å². The molecule has 2 aromatic rings. The van der Waals surface area contributed by atoms with Crippen molar-refractivity contribution >= 4 is 39.7 Å². The summed E-state index contributed by atoms with van der Waals surface area (Å²) >= 11 is 4.27. The zero-order valence-corrected chi connectivity index (χ0v) is 12.1. The van der Waals surface area contributed by atoms with Gasteiger partial charge in [0, 0.05) is 4.88 Å². The highest BCUT2D eigenvalue weighted by molar-refractivity contribution is 9.10. The molecule has 18 heavy (non-hydrogen) atoms. The Kier molecular flexibility index (Phi) is 5.10. The van der Waals surface area contributed by atoms with E-state index in [1.165, 1.54) is 11.3 Å². The average Bonchev–Trinajstić information content (AvgIpc) is 2.80. The second-order valence-corrected chi connectivity index (χ2v) is 5.24. The fraction of sp³-hybridized carbons (Fsp3) is 0.0909. The summed E-state index contributed by atoms with van der Waals surface area (Å²) in [6.07, 6.45) is 0. The summed E-state index contributed by atoms with van der Waals surface area (Å²) in [5.74, 6) is -2.53. The largest absolute Gasteiger partial charge is 0.506 e. The summed E-state index contributed by atoms with van der Waals surface area (Å²) < 4.78 is 27.0. The van der Waals surface area contributed by atoms with E-state index in [0.717, 1.165) is 6.07 Å². The predicted octanol–water partition coefficient (Wildman–Crippen LogP) is 3.96. The monoisotopic (exact) mass is 355 g/mol. The molecule has 1 aromatic heterocycles. The van der Waals surface area contributed by atoms with E-state index in [-0.39, 0.29) is 28.2 Å². The maximum absolute atomic E-state index is 13.7. The van der Waals surface area contributed by atoms with Crippen LogP contribution in [0.15, 0.2) is 28.1 Å². The van der Waals surface area contributed by atoms with Crippen LogP contribution >= 0.6 is 39.7 Å². The maximum Gasteiger partial charge on any atom is 0.167 e. The molecule has 0 fully saturated rings. The van der Waals surface area contributed by atoms with Gasteiger partial charge in [0.25, 0.3) is 0 Å². The molecule has 98 valence electrons. The SMILES string of the molecule is Cl.N[C@H](c1cccs1)c1c(O)c(Br)cc(F)c1F. The van der Waals surface area contributed by atoms with Gasteiger partial charge in [-0.25, -0.2) is 8.78 Å². The second-order valence-electron chi connectivity index (χ2n) is 3.41. The van der Waals surface area contributed by atoms with Crippen LogP contribution in [0, 0.1) is 11.6 Å². The van der Waals surface area contributed by atoms with Crippen molar-refractivity contribution in [1.29, 1.82) is 0 Å². The molecule has 7 heteroatoms. The predicted molar refractivity (Wildman–Crippen MR) is 73.3 cm³/mol. The molecule has 0 radical (unpaired) electrons. The Labute approximate surface area is 121 Å². The lowest BCUT2D eigenvalue weighted by Gasteiger charge is -2.14. The second kappa shape index (κ2) is 5.97. The number of rotatable bonds is 2. The number of benzene rings is 1. The standard InChI is InChI=1S/C11H8BrF2NOS.ClH/c12-5-4-6(13)9(14)8(11(5)16)10(15)7-2-1-3-17-7;/h1-4,10,16H,15H2;1H/t10-;/m1./s1. The van der Waals surface area contributed by atoms with E-state index in [0.29, 0.717) is 4.88 Å². The number of hydrogen-bond donors (Lipinski definition) is 2. The number of nitrogens with two attached hydrogens (primary N) is 1. The molecule has 0 amide bonds. The van der Waals surface area contributed by atoms with Gasteiger partial charge in [-0.15, -0.1) is 23.7 Å². The molecule has 0 spiro atoms. The van der Waals surface area contributed by atoms with Gasteiger partial charge in [0.2, 0.25) is 0 Å². The van der Waals surface area contributed by atoms with Gasteiger partial charge in [0.1, 0.15) is 5.75 Å². The van der Waals surface area contributed by atoms with Gasteiger partial charge >= 0.3 is 0 Å². The highest BCUT2D eigenvalue weighted by Gasteiger charge is 2.23. The topological polar surface area (TPSA) is 46.2 Å². The van der Waals surface area contributed by atoms with Crippen LogP contribution < -0.4 is 5.73 Å². The van der Waals surface area contributed by atoms with Gasteiger partial charge in [-0.3, -0.25) is 0 Å².